The zero-order valence-corrected chi connectivity index (χ0v) is 19.7. The van der Waals surface area contributed by atoms with E-state index in [0.717, 1.165) is 75.9 Å². The number of benzene rings is 1. The van der Waals surface area contributed by atoms with Gasteiger partial charge in [-0.05, 0) is 36.2 Å². The average Bonchev–Trinajstić information content (AvgIpc) is 3.34. The highest BCUT2D eigenvalue weighted by molar-refractivity contribution is 5.80. The Morgan fingerprint density at radius 2 is 1.78 bits per heavy atom. The van der Waals surface area contributed by atoms with Crippen molar-refractivity contribution in [2.24, 2.45) is 4.99 Å². The van der Waals surface area contributed by atoms with Crippen LogP contribution in [0.4, 0.5) is 0 Å². The molecule has 1 fully saturated rings. The summed E-state index contributed by atoms with van der Waals surface area (Å²) in [5.74, 6) is 3.99. The van der Waals surface area contributed by atoms with E-state index in [1.165, 1.54) is 0 Å². The van der Waals surface area contributed by atoms with Crippen LogP contribution in [-0.2, 0) is 13.0 Å². The number of nitrogens with zero attached hydrogens (tertiary/aromatic N) is 3. The van der Waals surface area contributed by atoms with Gasteiger partial charge in [0.05, 0.1) is 27.6 Å². The number of furan rings is 1. The number of ether oxygens (including phenoxy) is 3. The summed E-state index contributed by atoms with van der Waals surface area (Å²) in [5.41, 5.74) is 1.14. The fourth-order valence-electron chi connectivity index (χ4n) is 3.84. The number of hydrogen-bond donors (Lipinski definition) is 1. The predicted molar refractivity (Wildman–Crippen MR) is 126 cm³/mol. The highest BCUT2D eigenvalue weighted by Gasteiger charge is 2.21. The molecule has 1 N–H and O–H groups in total. The van der Waals surface area contributed by atoms with Crippen molar-refractivity contribution in [1.29, 1.82) is 0 Å². The van der Waals surface area contributed by atoms with E-state index < -0.39 is 0 Å². The van der Waals surface area contributed by atoms with Gasteiger partial charge in [0.2, 0.25) is 5.75 Å². The number of piperazine rings is 1. The highest BCUT2D eigenvalue weighted by Crippen LogP contribution is 2.38. The molecule has 8 heteroatoms. The predicted octanol–water partition coefficient (Wildman–Crippen LogP) is 3.02. The summed E-state index contributed by atoms with van der Waals surface area (Å²) >= 11 is 0. The van der Waals surface area contributed by atoms with Gasteiger partial charge in [-0.1, -0.05) is 6.92 Å². The maximum absolute atomic E-state index is 5.50. The molecule has 0 unspecified atom stereocenters. The van der Waals surface area contributed by atoms with Crippen molar-refractivity contribution in [1.82, 2.24) is 15.1 Å². The summed E-state index contributed by atoms with van der Waals surface area (Å²) in [4.78, 5) is 9.59. The molecule has 3 rings (SSSR count). The molecule has 1 aromatic carbocycles. The van der Waals surface area contributed by atoms with Gasteiger partial charge in [0.25, 0.3) is 0 Å². The van der Waals surface area contributed by atoms with Gasteiger partial charge in [0.15, 0.2) is 17.5 Å². The number of methoxy groups -OCH3 is 3. The van der Waals surface area contributed by atoms with Gasteiger partial charge >= 0.3 is 0 Å². The number of rotatable bonds is 10. The lowest BCUT2D eigenvalue weighted by Gasteiger charge is -2.36. The van der Waals surface area contributed by atoms with Gasteiger partial charge in [0.1, 0.15) is 5.76 Å². The maximum atomic E-state index is 5.50. The van der Waals surface area contributed by atoms with Crippen LogP contribution >= 0.6 is 0 Å². The molecule has 32 heavy (non-hydrogen) atoms. The van der Waals surface area contributed by atoms with E-state index in [1.807, 2.05) is 24.3 Å². The van der Waals surface area contributed by atoms with E-state index in [9.17, 15) is 0 Å². The standard InChI is InChI=1S/C24H36N4O4/c1-5-9-25-24(26-10-8-20-7-6-15-32-20)28-13-11-27(12-14-28)18-19-16-21(29-2)23(31-4)22(17-19)30-3/h6-7,15-17H,5,8-14,18H2,1-4H3,(H,25,26). The topological polar surface area (TPSA) is 71.7 Å². The minimum absolute atomic E-state index is 0.626. The molecule has 0 amide bonds. The van der Waals surface area contributed by atoms with E-state index in [2.05, 4.69) is 22.0 Å². The van der Waals surface area contributed by atoms with E-state index >= 15 is 0 Å². The molecule has 0 aliphatic carbocycles. The lowest BCUT2D eigenvalue weighted by atomic mass is 10.1. The van der Waals surface area contributed by atoms with Crippen molar-refractivity contribution in [2.45, 2.75) is 26.3 Å². The zero-order chi connectivity index (χ0) is 22.8. The Morgan fingerprint density at radius 1 is 1.06 bits per heavy atom. The smallest absolute Gasteiger partial charge is 0.203 e. The number of hydrogen-bond acceptors (Lipinski definition) is 6. The van der Waals surface area contributed by atoms with Gasteiger partial charge in [-0.15, -0.1) is 0 Å². The molecule has 0 bridgehead atoms. The molecule has 1 saturated heterocycles. The van der Waals surface area contributed by atoms with Crippen molar-refractivity contribution >= 4 is 5.96 Å². The summed E-state index contributed by atoms with van der Waals surface area (Å²) in [6, 6.07) is 7.98. The molecule has 0 spiro atoms. The van der Waals surface area contributed by atoms with Gasteiger partial charge in [-0.3, -0.25) is 9.89 Å². The molecule has 0 radical (unpaired) electrons. The quantitative estimate of drug-likeness (QED) is 0.446. The van der Waals surface area contributed by atoms with E-state index in [1.54, 1.807) is 27.6 Å². The molecule has 1 aromatic heterocycles. The van der Waals surface area contributed by atoms with Crippen LogP contribution in [0, 0.1) is 0 Å². The Bertz CT molecular complexity index is 821. The SMILES string of the molecule is CCCN=C(NCCc1ccco1)N1CCN(Cc2cc(OC)c(OC)c(OC)c2)CC1. The Hall–Kier alpha value is -2.87. The van der Waals surface area contributed by atoms with Gasteiger partial charge < -0.3 is 28.8 Å². The minimum Gasteiger partial charge on any atom is -0.493 e. The summed E-state index contributed by atoms with van der Waals surface area (Å²) in [6.45, 7) is 8.40. The number of nitrogens with one attached hydrogen (secondary N) is 1. The van der Waals surface area contributed by atoms with Gasteiger partial charge in [-0.2, -0.15) is 0 Å². The second-order valence-corrected chi connectivity index (χ2v) is 7.76. The fourth-order valence-corrected chi connectivity index (χ4v) is 3.84. The van der Waals surface area contributed by atoms with Gasteiger partial charge in [0, 0.05) is 52.2 Å². The third-order valence-corrected chi connectivity index (χ3v) is 5.52. The molecular weight excluding hydrogens is 408 g/mol. The second-order valence-electron chi connectivity index (χ2n) is 7.76. The summed E-state index contributed by atoms with van der Waals surface area (Å²) in [7, 11) is 4.92. The molecule has 2 aromatic rings. The summed E-state index contributed by atoms with van der Waals surface area (Å²) < 4.78 is 21.9. The maximum Gasteiger partial charge on any atom is 0.203 e. The highest BCUT2D eigenvalue weighted by atomic mass is 16.5. The van der Waals surface area contributed by atoms with Gasteiger partial charge in [-0.25, -0.2) is 0 Å². The van der Waals surface area contributed by atoms with Crippen LogP contribution in [0.1, 0.15) is 24.7 Å². The Balaban J connectivity index is 1.56. The minimum atomic E-state index is 0.626. The average molecular weight is 445 g/mol. The molecule has 0 saturated carbocycles. The van der Waals surface area contributed by atoms with E-state index in [4.69, 9.17) is 23.6 Å². The fraction of sp³-hybridized carbons (Fsp3) is 0.542. The van der Waals surface area contributed by atoms with E-state index in [-0.39, 0.29) is 0 Å². The summed E-state index contributed by atoms with van der Waals surface area (Å²) in [5, 5.41) is 3.52. The van der Waals surface area contributed by atoms with Crippen molar-refractivity contribution in [3.8, 4) is 17.2 Å². The van der Waals surface area contributed by atoms with Crippen LogP contribution in [0.25, 0.3) is 0 Å². The Kier molecular flexibility index (Phi) is 9.10. The van der Waals surface area contributed by atoms with Crippen LogP contribution in [0.15, 0.2) is 39.9 Å². The van der Waals surface area contributed by atoms with Crippen LogP contribution in [0.5, 0.6) is 17.2 Å². The molecule has 1 aliphatic heterocycles. The first kappa shape index (κ1) is 23.8. The summed E-state index contributed by atoms with van der Waals surface area (Å²) in [6.07, 6.45) is 3.60. The van der Waals surface area contributed by atoms with Crippen LogP contribution in [-0.4, -0.2) is 76.4 Å². The normalized spacial score (nSPS) is 15.0. The number of aliphatic imine (C=N–C) groups is 1. The zero-order valence-electron chi connectivity index (χ0n) is 19.7. The monoisotopic (exact) mass is 444 g/mol. The first-order valence-electron chi connectivity index (χ1n) is 11.2. The van der Waals surface area contributed by atoms with Crippen LogP contribution in [0.2, 0.25) is 0 Å². The van der Waals surface area contributed by atoms with Crippen molar-refractivity contribution in [3.05, 3.63) is 41.9 Å². The Morgan fingerprint density at radius 3 is 2.34 bits per heavy atom. The first-order valence-corrected chi connectivity index (χ1v) is 11.2. The number of guanidine groups is 1. The molecule has 2 heterocycles. The van der Waals surface area contributed by atoms with E-state index in [0.29, 0.717) is 17.2 Å². The molecule has 176 valence electrons. The molecular formula is C24H36N4O4. The molecule has 1 aliphatic rings. The molecule has 8 nitrogen and oxygen atoms in total. The van der Waals surface area contributed by atoms with Crippen molar-refractivity contribution < 1.29 is 18.6 Å². The largest absolute Gasteiger partial charge is 0.493 e. The van der Waals surface area contributed by atoms with Crippen molar-refractivity contribution in [3.63, 3.8) is 0 Å². The third-order valence-electron chi connectivity index (χ3n) is 5.52. The van der Waals surface area contributed by atoms with Crippen LogP contribution < -0.4 is 19.5 Å². The van der Waals surface area contributed by atoms with Crippen molar-refractivity contribution in [2.75, 3.05) is 60.6 Å². The lowest BCUT2D eigenvalue weighted by Crippen LogP contribution is -2.52. The molecule has 0 atom stereocenters. The third kappa shape index (κ3) is 6.32. The second kappa shape index (κ2) is 12.2. The lowest BCUT2D eigenvalue weighted by molar-refractivity contribution is 0.172. The first-order chi connectivity index (χ1) is 15.7. The van der Waals surface area contributed by atoms with Crippen LogP contribution in [0.3, 0.4) is 0 Å². The Labute approximate surface area is 191 Å².